The molecule has 4 fully saturated rings. The number of ketones is 1. The number of carbonyl (C=O) groups excluding carboxylic acids is 1. The number of carboxylic acids is 1. The summed E-state index contributed by atoms with van der Waals surface area (Å²) in [7, 11) is 0. The fourth-order valence-electron chi connectivity index (χ4n) is 5.45. The zero-order chi connectivity index (χ0) is 18.3. The van der Waals surface area contributed by atoms with Gasteiger partial charge in [0.1, 0.15) is 12.0 Å². The summed E-state index contributed by atoms with van der Waals surface area (Å²) in [4.78, 5) is 24.5. The maximum absolute atomic E-state index is 13.1. The SMILES string of the molecule is NC1NC2OC3CNC(CCC4CCCC4)CC3C(=O)C2CC1C(=O)O. The molecular weight excluding hydrogens is 334 g/mol. The van der Waals surface area contributed by atoms with E-state index < -0.39 is 30.2 Å². The molecule has 7 atom stereocenters. The van der Waals surface area contributed by atoms with Crippen LogP contribution in [0.2, 0.25) is 0 Å². The van der Waals surface area contributed by atoms with Crippen LogP contribution in [0.1, 0.15) is 51.4 Å². The summed E-state index contributed by atoms with van der Waals surface area (Å²) >= 11 is 0. The van der Waals surface area contributed by atoms with Gasteiger partial charge in [-0.15, -0.1) is 0 Å². The van der Waals surface area contributed by atoms with Crippen LogP contribution in [-0.2, 0) is 14.3 Å². The van der Waals surface area contributed by atoms with Crippen molar-refractivity contribution in [3.63, 3.8) is 0 Å². The van der Waals surface area contributed by atoms with Crippen LogP contribution in [0.4, 0.5) is 0 Å². The minimum atomic E-state index is -0.946. The topological polar surface area (TPSA) is 114 Å². The molecule has 5 N–H and O–H groups in total. The normalized spacial score (nSPS) is 43.7. The minimum absolute atomic E-state index is 0.114. The van der Waals surface area contributed by atoms with Gasteiger partial charge in [0.2, 0.25) is 0 Å². The van der Waals surface area contributed by atoms with Gasteiger partial charge in [-0.25, -0.2) is 0 Å². The average Bonchev–Trinajstić information content (AvgIpc) is 3.13. The first-order valence-electron chi connectivity index (χ1n) is 10.2. The van der Waals surface area contributed by atoms with Crippen LogP contribution >= 0.6 is 0 Å². The van der Waals surface area contributed by atoms with Crippen LogP contribution < -0.4 is 16.4 Å². The third-order valence-corrected chi connectivity index (χ3v) is 7.03. The Hall–Kier alpha value is -1.02. The lowest BCUT2D eigenvalue weighted by molar-refractivity contribution is -0.180. The van der Waals surface area contributed by atoms with Crippen LogP contribution in [0.3, 0.4) is 0 Å². The molecule has 3 aliphatic heterocycles. The van der Waals surface area contributed by atoms with E-state index in [-0.39, 0.29) is 24.2 Å². The first-order chi connectivity index (χ1) is 12.5. The summed E-state index contributed by atoms with van der Waals surface area (Å²) in [6, 6.07) is 0.370. The number of carboxylic acid groups (broad SMARTS) is 1. The van der Waals surface area contributed by atoms with Crippen molar-refractivity contribution >= 4 is 11.8 Å². The van der Waals surface area contributed by atoms with E-state index in [1.54, 1.807) is 0 Å². The Morgan fingerprint density at radius 2 is 1.96 bits per heavy atom. The van der Waals surface area contributed by atoms with Crippen molar-refractivity contribution in [2.75, 3.05) is 6.54 Å². The first kappa shape index (κ1) is 18.3. The van der Waals surface area contributed by atoms with Crippen molar-refractivity contribution in [3.8, 4) is 0 Å². The predicted molar refractivity (Wildman–Crippen MR) is 95.1 cm³/mol. The van der Waals surface area contributed by atoms with Crippen molar-refractivity contribution in [3.05, 3.63) is 0 Å². The molecule has 1 saturated carbocycles. The Kier molecular flexibility index (Phi) is 5.32. The number of nitrogens with one attached hydrogen (secondary N) is 2. The van der Waals surface area contributed by atoms with Crippen molar-refractivity contribution in [2.45, 2.75) is 75.9 Å². The number of hydrogen-bond acceptors (Lipinski definition) is 6. The van der Waals surface area contributed by atoms with Crippen LogP contribution in [0.25, 0.3) is 0 Å². The van der Waals surface area contributed by atoms with E-state index in [2.05, 4.69) is 10.6 Å². The Bertz CT molecular complexity index is 551. The highest BCUT2D eigenvalue weighted by Gasteiger charge is 2.51. The number of aliphatic carboxylic acids is 1. The maximum Gasteiger partial charge on any atom is 0.309 e. The molecule has 0 radical (unpaired) electrons. The summed E-state index contributed by atoms with van der Waals surface area (Å²) in [5, 5.41) is 15.9. The van der Waals surface area contributed by atoms with Gasteiger partial charge >= 0.3 is 5.97 Å². The van der Waals surface area contributed by atoms with Crippen LogP contribution in [-0.4, -0.2) is 47.9 Å². The highest BCUT2D eigenvalue weighted by Crippen LogP contribution is 2.38. The molecule has 7 heteroatoms. The Morgan fingerprint density at radius 3 is 2.69 bits per heavy atom. The molecule has 4 rings (SSSR count). The van der Waals surface area contributed by atoms with Gasteiger partial charge in [-0.05, 0) is 31.6 Å². The quantitative estimate of drug-likeness (QED) is 0.583. The van der Waals surface area contributed by atoms with E-state index in [1.807, 2.05) is 0 Å². The maximum atomic E-state index is 13.1. The second-order valence-corrected chi connectivity index (χ2v) is 8.65. The standard InChI is InChI=1S/C19H31N3O4/c20-17-14(19(24)25)8-13-16(23)12-7-11(6-5-10-3-1-2-4-10)21-9-15(12)26-18(13)22-17/h10-15,17-18,21-22H,1-9,20H2,(H,24,25). The average molecular weight is 365 g/mol. The van der Waals surface area contributed by atoms with Gasteiger partial charge in [0.05, 0.1) is 24.1 Å². The van der Waals surface area contributed by atoms with Crippen molar-refractivity contribution in [2.24, 2.45) is 29.4 Å². The molecule has 0 bridgehead atoms. The summed E-state index contributed by atoms with van der Waals surface area (Å²) in [5.74, 6) is -1.16. The van der Waals surface area contributed by atoms with Crippen LogP contribution in [0.15, 0.2) is 0 Å². The summed E-state index contributed by atoms with van der Waals surface area (Å²) in [6.07, 6.45) is 7.63. The van der Waals surface area contributed by atoms with E-state index in [0.29, 0.717) is 12.6 Å². The largest absolute Gasteiger partial charge is 0.481 e. The van der Waals surface area contributed by atoms with Crippen molar-refractivity contribution in [1.82, 2.24) is 10.6 Å². The van der Waals surface area contributed by atoms with E-state index in [4.69, 9.17) is 10.5 Å². The third kappa shape index (κ3) is 3.54. The molecule has 7 unspecified atom stereocenters. The van der Waals surface area contributed by atoms with E-state index in [0.717, 1.165) is 18.8 Å². The Balaban J connectivity index is 1.37. The summed E-state index contributed by atoms with van der Waals surface area (Å²) in [6.45, 7) is 0.689. The molecule has 0 amide bonds. The molecule has 0 aromatic heterocycles. The Morgan fingerprint density at radius 1 is 1.19 bits per heavy atom. The molecule has 26 heavy (non-hydrogen) atoms. The number of fused-ring (bicyclic) bond motifs is 2. The van der Waals surface area contributed by atoms with Gasteiger partial charge < -0.3 is 20.9 Å². The van der Waals surface area contributed by atoms with E-state index in [1.165, 1.54) is 32.1 Å². The smallest absolute Gasteiger partial charge is 0.309 e. The van der Waals surface area contributed by atoms with Gasteiger partial charge in [-0.2, -0.15) is 0 Å². The number of ether oxygens (including phenoxy) is 1. The number of nitrogens with two attached hydrogens (primary N) is 1. The van der Waals surface area contributed by atoms with Crippen LogP contribution in [0.5, 0.6) is 0 Å². The van der Waals surface area contributed by atoms with Gasteiger partial charge in [0.15, 0.2) is 0 Å². The molecule has 1 aliphatic carbocycles. The number of piperidine rings is 2. The summed E-state index contributed by atoms with van der Waals surface area (Å²) < 4.78 is 6.12. The molecule has 3 saturated heterocycles. The third-order valence-electron chi connectivity index (χ3n) is 7.03. The Labute approximate surface area is 154 Å². The lowest BCUT2D eigenvalue weighted by Crippen LogP contribution is -2.67. The number of Topliss-reactive ketones (excluding diaryl/α,β-unsaturated/α-hetero) is 1. The molecule has 0 spiro atoms. The fourth-order valence-corrected chi connectivity index (χ4v) is 5.45. The number of rotatable bonds is 4. The predicted octanol–water partition coefficient (Wildman–Crippen LogP) is 0.824. The van der Waals surface area contributed by atoms with Gasteiger partial charge in [0.25, 0.3) is 0 Å². The first-order valence-corrected chi connectivity index (χ1v) is 10.2. The zero-order valence-corrected chi connectivity index (χ0v) is 15.2. The molecule has 3 heterocycles. The highest BCUT2D eigenvalue weighted by molar-refractivity contribution is 5.86. The minimum Gasteiger partial charge on any atom is -0.481 e. The molecule has 146 valence electrons. The van der Waals surface area contributed by atoms with Gasteiger partial charge in [-0.1, -0.05) is 25.7 Å². The molecular formula is C19H31N3O4. The van der Waals surface area contributed by atoms with Crippen molar-refractivity contribution in [1.29, 1.82) is 0 Å². The monoisotopic (exact) mass is 365 g/mol. The second-order valence-electron chi connectivity index (χ2n) is 8.65. The molecule has 7 nitrogen and oxygen atoms in total. The lowest BCUT2D eigenvalue weighted by Gasteiger charge is -2.49. The fraction of sp³-hybridized carbons (Fsp3) is 0.895. The molecule has 0 aromatic carbocycles. The second kappa shape index (κ2) is 7.54. The van der Waals surface area contributed by atoms with Crippen LogP contribution in [0, 0.1) is 23.7 Å². The number of hydrogen-bond donors (Lipinski definition) is 4. The zero-order valence-electron chi connectivity index (χ0n) is 15.2. The lowest BCUT2D eigenvalue weighted by atomic mass is 9.73. The van der Waals surface area contributed by atoms with E-state index in [9.17, 15) is 14.7 Å². The summed E-state index contributed by atoms with van der Waals surface area (Å²) in [5.41, 5.74) is 5.92. The molecule has 0 aromatic rings. The van der Waals surface area contributed by atoms with E-state index >= 15 is 0 Å². The number of carbonyl (C=O) groups is 2. The highest BCUT2D eigenvalue weighted by atomic mass is 16.5. The van der Waals surface area contributed by atoms with Gasteiger partial charge in [0, 0.05) is 18.5 Å². The van der Waals surface area contributed by atoms with Crippen molar-refractivity contribution < 1.29 is 19.4 Å². The van der Waals surface area contributed by atoms with Gasteiger partial charge in [-0.3, -0.25) is 14.9 Å². The molecule has 4 aliphatic rings.